The number of hydrogen-bond acceptors (Lipinski definition) is 3. The third kappa shape index (κ3) is 3.69. The molecule has 6 heteroatoms. The standard InChI is InChI=1S/C15H15ClF2N2O/c1-21-10-3-4-11(13(17)8-10)15(20-19)7-9-2-5-12(16)14(18)6-9/h2-6,8,15,20H,7,19H2,1H3. The molecule has 112 valence electrons. The molecule has 0 aliphatic rings. The number of ether oxygens (including phenoxy) is 1. The highest BCUT2D eigenvalue weighted by Crippen LogP contribution is 2.25. The minimum Gasteiger partial charge on any atom is -0.497 e. The summed E-state index contributed by atoms with van der Waals surface area (Å²) >= 11 is 5.64. The zero-order valence-corrected chi connectivity index (χ0v) is 12.1. The van der Waals surface area contributed by atoms with Gasteiger partial charge in [-0.3, -0.25) is 11.3 Å². The van der Waals surface area contributed by atoms with Gasteiger partial charge in [0, 0.05) is 11.6 Å². The fourth-order valence-corrected chi connectivity index (χ4v) is 2.20. The van der Waals surface area contributed by atoms with Crippen LogP contribution in [0.25, 0.3) is 0 Å². The van der Waals surface area contributed by atoms with Gasteiger partial charge in [-0.25, -0.2) is 8.78 Å². The van der Waals surface area contributed by atoms with E-state index < -0.39 is 17.7 Å². The predicted molar refractivity (Wildman–Crippen MR) is 78.1 cm³/mol. The van der Waals surface area contributed by atoms with Crippen LogP contribution in [0, 0.1) is 11.6 Å². The summed E-state index contributed by atoms with van der Waals surface area (Å²) < 4.78 is 32.4. The van der Waals surface area contributed by atoms with E-state index in [0.29, 0.717) is 23.3 Å². The molecule has 21 heavy (non-hydrogen) atoms. The van der Waals surface area contributed by atoms with Gasteiger partial charge in [0.1, 0.15) is 17.4 Å². The Bertz CT molecular complexity index is 637. The van der Waals surface area contributed by atoms with Gasteiger partial charge in [0.05, 0.1) is 18.2 Å². The fraction of sp³-hybridized carbons (Fsp3) is 0.200. The lowest BCUT2D eigenvalue weighted by Crippen LogP contribution is -2.30. The van der Waals surface area contributed by atoms with Crippen molar-refractivity contribution in [2.24, 2.45) is 5.84 Å². The van der Waals surface area contributed by atoms with Crippen molar-refractivity contribution in [2.75, 3.05) is 7.11 Å². The Morgan fingerprint density at radius 3 is 2.52 bits per heavy atom. The van der Waals surface area contributed by atoms with Gasteiger partial charge in [-0.2, -0.15) is 0 Å². The van der Waals surface area contributed by atoms with E-state index in [4.69, 9.17) is 22.2 Å². The maximum atomic E-state index is 14.0. The third-order valence-electron chi connectivity index (χ3n) is 3.21. The largest absolute Gasteiger partial charge is 0.497 e. The molecule has 3 nitrogen and oxygen atoms in total. The smallest absolute Gasteiger partial charge is 0.142 e. The van der Waals surface area contributed by atoms with Crippen molar-refractivity contribution in [1.82, 2.24) is 5.43 Å². The minimum absolute atomic E-state index is 0.0478. The van der Waals surface area contributed by atoms with Crippen LogP contribution in [0.1, 0.15) is 17.2 Å². The lowest BCUT2D eigenvalue weighted by molar-refractivity contribution is 0.409. The van der Waals surface area contributed by atoms with Crippen LogP contribution in [0.4, 0.5) is 8.78 Å². The average Bonchev–Trinajstić information content (AvgIpc) is 2.48. The molecule has 0 bridgehead atoms. The SMILES string of the molecule is COc1ccc(C(Cc2ccc(Cl)c(F)c2)NN)c(F)c1. The molecule has 0 saturated heterocycles. The fourth-order valence-electron chi connectivity index (χ4n) is 2.08. The second-order valence-electron chi connectivity index (χ2n) is 4.56. The van der Waals surface area contributed by atoms with Gasteiger partial charge in [-0.1, -0.05) is 23.7 Å². The molecule has 0 aliphatic heterocycles. The molecule has 2 aromatic rings. The van der Waals surface area contributed by atoms with Crippen molar-refractivity contribution in [2.45, 2.75) is 12.5 Å². The number of rotatable bonds is 5. The maximum Gasteiger partial charge on any atom is 0.142 e. The molecule has 0 amide bonds. The zero-order valence-electron chi connectivity index (χ0n) is 11.4. The number of hydrogen-bond donors (Lipinski definition) is 2. The first-order chi connectivity index (χ1) is 10.0. The highest BCUT2D eigenvalue weighted by Gasteiger charge is 2.16. The van der Waals surface area contributed by atoms with Crippen LogP contribution in [0.3, 0.4) is 0 Å². The van der Waals surface area contributed by atoms with Crippen LogP contribution in [-0.4, -0.2) is 7.11 Å². The van der Waals surface area contributed by atoms with Gasteiger partial charge in [0.2, 0.25) is 0 Å². The van der Waals surface area contributed by atoms with Gasteiger partial charge in [-0.05, 0) is 30.2 Å². The van der Waals surface area contributed by atoms with E-state index >= 15 is 0 Å². The molecule has 2 aromatic carbocycles. The molecule has 0 radical (unpaired) electrons. The molecular weight excluding hydrogens is 298 g/mol. The molecule has 3 N–H and O–H groups in total. The minimum atomic E-state index is -0.514. The molecule has 0 saturated carbocycles. The molecule has 1 unspecified atom stereocenters. The van der Waals surface area contributed by atoms with Gasteiger partial charge >= 0.3 is 0 Å². The number of benzene rings is 2. The molecule has 2 rings (SSSR count). The molecular formula is C15H15ClF2N2O. The Hall–Kier alpha value is -1.69. The van der Waals surface area contributed by atoms with Crippen molar-refractivity contribution < 1.29 is 13.5 Å². The Balaban J connectivity index is 2.25. The van der Waals surface area contributed by atoms with Crippen LogP contribution in [0.5, 0.6) is 5.75 Å². The maximum absolute atomic E-state index is 14.0. The first-order valence-electron chi connectivity index (χ1n) is 6.28. The highest BCUT2D eigenvalue weighted by atomic mass is 35.5. The van der Waals surface area contributed by atoms with E-state index in [0.717, 1.165) is 0 Å². The van der Waals surface area contributed by atoms with E-state index in [9.17, 15) is 8.78 Å². The van der Waals surface area contributed by atoms with E-state index in [1.165, 1.54) is 25.3 Å². The highest BCUT2D eigenvalue weighted by molar-refractivity contribution is 6.30. The number of hydrazine groups is 1. The molecule has 0 aromatic heterocycles. The summed E-state index contributed by atoms with van der Waals surface area (Å²) in [6.07, 6.45) is 0.327. The van der Waals surface area contributed by atoms with Crippen molar-refractivity contribution in [3.8, 4) is 5.75 Å². The van der Waals surface area contributed by atoms with Gasteiger partial charge < -0.3 is 4.74 Å². The van der Waals surface area contributed by atoms with Crippen molar-refractivity contribution >= 4 is 11.6 Å². The number of methoxy groups -OCH3 is 1. The van der Waals surface area contributed by atoms with Crippen molar-refractivity contribution in [3.05, 3.63) is 64.2 Å². The lowest BCUT2D eigenvalue weighted by Gasteiger charge is -2.18. The van der Waals surface area contributed by atoms with E-state index in [1.54, 1.807) is 18.2 Å². The summed E-state index contributed by atoms with van der Waals surface area (Å²) in [7, 11) is 1.46. The summed E-state index contributed by atoms with van der Waals surface area (Å²) in [5.41, 5.74) is 3.59. The van der Waals surface area contributed by atoms with Crippen LogP contribution in [-0.2, 0) is 6.42 Å². The van der Waals surface area contributed by atoms with E-state index in [1.807, 2.05) is 0 Å². The van der Waals surface area contributed by atoms with Gasteiger partial charge in [0.25, 0.3) is 0 Å². The van der Waals surface area contributed by atoms with E-state index in [-0.39, 0.29) is 5.02 Å². The predicted octanol–water partition coefficient (Wildman–Crippen LogP) is 3.37. The van der Waals surface area contributed by atoms with Crippen LogP contribution in [0.2, 0.25) is 5.02 Å². The first kappa shape index (κ1) is 15.7. The van der Waals surface area contributed by atoms with Crippen molar-refractivity contribution in [1.29, 1.82) is 0 Å². The summed E-state index contributed by atoms with van der Waals surface area (Å²) in [5.74, 6) is 4.96. The summed E-state index contributed by atoms with van der Waals surface area (Å²) in [4.78, 5) is 0. The molecule has 0 spiro atoms. The van der Waals surface area contributed by atoms with Crippen LogP contribution >= 0.6 is 11.6 Å². The Morgan fingerprint density at radius 1 is 1.19 bits per heavy atom. The summed E-state index contributed by atoms with van der Waals surface area (Å²) in [6.45, 7) is 0. The summed E-state index contributed by atoms with van der Waals surface area (Å²) in [5, 5.41) is 0.0478. The van der Waals surface area contributed by atoms with Crippen LogP contribution < -0.4 is 16.0 Å². The Morgan fingerprint density at radius 2 is 1.95 bits per heavy atom. The van der Waals surface area contributed by atoms with Gasteiger partial charge in [-0.15, -0.1) is 0 Å². The summed E-state index contributed by atoms with van der Waals surface area (Å²) in [6, 6.07) is 8.48. The van der Waals surface area contributed by atoms with E-state index in [2.05, 4.69) is 5.43 Å². The lowest BCUT2D eigenvalue weighted by atomic mass is 9.98. The monoisotopic (exact) mass is 312 g/mol. The second kappa shape index (κ2) is 6.85. The van der Waals surface area contributed by atoms with Gasteiger partial charge in [0.15, 0.2) is 0 Å². The average molecular weight is 313 g/mol. The zero-order chi connectivity index (χ0) is 15.4. The van der Waals surface area contributed by atoms with Crippen molar-refractivity contribution in [3.63, 3.8) is 0 Å². The Kier molecular flexibility index (Phi) is 5.12. The number of nitrogens with one attached hydrogen (secondary N) is 1. The quantitative estimate of drug-likeness (QED) is 0.657. The third-order valence-corrected chi connectivity index (χ3v) is 3.51. The second-order valence-corrected chi connectivity index (χ2v) is 4.97. The number of halogens is 3. The topological polar surface area (TPSA) is 47.3 Å². The van der Waals surface area contributed by atoms with Crippen LogP contribution in [0.15, 0.2) is 36.4 Å². The number of nitrogens with two attached hydrogens (primary N) is 1. The first-order valence-corrected chi connectivity index (χ1v) is 6.66. The molecule has 0 heterocycles. The normalized spacial score (nSPS) is 12.2. The molecule has 0 aliphatic carbocycles. The Labute approximate surface area is 126 Å². The molecule has 0 fully saturated rings. The molecule has 1 atom stereocenters.